The van der Waals surface area contributed by atoms with Crippen LogP contribution < -0.4 is 10.0 Å². The molecule has 0 radical (unpaired) electrons. The molecule has 1 aromatic heterocycles. The van der Waals surface area contributed by atoms with Crippen LogP contribution >= 0.6 is 0 Å². The fourth-order valence-electron chi connectivity index (χ4n) is 2.76. The lowest BCUT2D eigenvalue weighted by Crippen LogP contribution is -2.18. The molecule has 10 heteroatoms. The van der Waals surface area contributed by atoms with Crippen molar-refractivity contribution in [1.29, 1.82) is 0 Å². The van der Waals surface area contributed by atoms with Gasteiger partial charge in [-0.2, -0.15) is 0 Å². The van der Waals surface area contributed by atoms with Crippen molar-refractivity contribution >= 4 is 32.4 Å². The SMILES string of the molecule is CNS(=O)(=O)c1ccc(NCCCn2cnc3ccccc32)c([N+](=O)[O-])c1. The summed E-state index contributed by atoms with van der Waals surface area (Å²) in [4.78, 5) is 14.9. The van der Waals surface area contributed by atoms with Crippen LogP contribution in [0.1, 0.15) is 6.42 Å². The van der Waals surface area contributed by atoms with Gasteiger partial charge in [0.15, 0.2) is 0 Å². The van der Waals surface area contributed by atoms with E-state index in [4.69, 9.17) is 0 Å². The summed E-state index contributed by atoms with van der Waals surface area (Å²) in [5, 5.41) is 14.3. The number of nitrogens with one attached hydrogen (secondary N) is 2. The van der Waals surface area contributed by atoms with E-state index in [9.17, 15) is 18.5 Å². The summed E-state index contributed by atoms with van der Waals surface area (Å²) < 4.78 is 27.8. The monoisotopic (exact) mass is 389 g/mol. The Morgan fingerprint density at radius 1 is 1.22 bits per heavy atom. The number of hydrogen-bond donors (Lipinski definition) is 2. The highest BCUT2D eigenvalue weighted by molar-refractivity contribution is 7.89. The van der Waals surface area contributed by atoms with Crippen LogP contribution in [0.15, 0.2) is 53.7 Å². The molecule has 0 aliphatic rings. The molecule has 3 rings (SSSR count). The average molecular weight is 389 g/mol. The molecule has 2 aromatic carbocycles. The Kier molecular flexibility index (Phi) is 5.38. The van der Waals surface area contributed by atoms with Gasteiger partial charge < -0.3 is 9.88 Å². The Morgan fingerprint density at radius 3 is 2.74 bits per heavy atom. The maximum absolute atomic E-state index is 11.8. The van der Waals surface area contributed by atoms with E-state index in [1.54, 1.807) is 6.33 Å². The predicted molar refractivity (Wildman–Crippen MR) is 102 cm³/mol. The van der Waals surface area contributed by atoms with Crippen molar-refractivity contribution in [3.63, 3.8) is 0 Å². The molecule has 9 nitrogen and oxygen atoms in total. The number of nitro benzene ring substituents is 1. The van der Waals surface area contributed by atoms with Crippen LogP contribution in [0.3, 0.4) is 0 Å². The second-order valence-electron chi connectivity index (χ2n) is 5.85. The summed E-state index contributed by atoms with van der Waals surface area (Å²) in [5.74, 6) is 0. The van der Waals surface area contributed by atoms with Crippen LogP contribution in [-0.2, 0) is 16.6 Å². The molecule has 0 amide bonds. The van der Waals surface area contributed by atoms with E-state index in [2.05, 4.69) is 15.0 Å². The lowest BCUT2D eigenvalue weighted by Gasteiger charge is -2.09. The van der Waals surface area contributed by atoms with Gasteiger partial charge in [0, 0.05) is 19.2 Å². The Morgan fingerprint density at radius 2 is 2.00 bits per heavy atom. The molecule has 27 heavy (non-hydrogen) atoms. The zero-order valence-electron chi connectivity index (χ0n) is 14.6. The van der Waals surface area contributed by atoms with E-state index in [1.807, 2.05) is 28.8 Å². The number of imidazole rings is 1. The first-order chi connectivity index (χ1) is 12.9. The third kappa shape index (κ3) is 4.07. The number of rotatable bonds is 8. The quantitative estimate of drug-likeness (QED) is 0.347. The van der Waals surface area contributed by atoms with Crippen LogP contribution in [-0.4, -0.2) is 36.5 Å². The topological polar surface area (TPSA) is 119 Å². The van der Waals surface area contributed by atoms with Gasteiger partial charge in [-0.1, -0.05) is 12.1 Å². The number of anilines is 1. The van der Waals surface area contributed by atoms with E-state index in [0.717, 1.165) is 17.1 Å². The maximum atomic E-state index is 11.8. The van der Waals surface area contributed by atoms with E-state index in [0.29, 0.717) is 19.5 Å². The number of benzene rings is 2. The van der Waals surface area contributed by atoms with Crippen molar-refractivity contribution in [3.8, 4) is 0 Å². The fraction of sp³-hybridized carbons (Fsp3) is 0.235. The van der Waals surface area contributed by atoms with Gasteiger partial charge in [0.2, 0.25) is 10.0 Å². The second-order valence-corrected chi connectivity index (χ2v) is 7.74. The summed E-state index contributed by atoms with van der Waals surface area (Å²) in [6.45, 7) is 1.19. The van der Waals surface area contributed by atoms with Crippen LogP contribution in [0.5, 0.6) is 0 Å². The standard InChI is InChI=1S/C17H19N5O4S/c1-18-27(25,26)13-7-8-15(17(11-13)22(23)24)19-9-4-10-21-12-20-14-5-2-3-6-16(14)21/h2-3,5-8,11-12,18-19H,4,9-10H2,1H3. The Bertz CT molecular complexity index is 1080. The van der Waals surface area contributed by atoms with Crippen molar-refractivity contribution in [2.24, 2.45) is 0 Å². The second kappa shape index (κ2) is 7.72. The van der Waals surface area contributed by atoms with E-state index in [-0.39, 0.29) is 16.3 Å². The van der Waals surface area contributed by atoms with Crippen LogP contribution in [0.25, 0.3) is 11.0 Å². The molecule has 0 fully saturated rings. The Hall–Kier alpha value is -2.98. The molecule has 0 bridgehead atoms. The van der Waals surface area contributed by atoms with Crippen LogP contribution in [0.2, 0.25) is 0 Å². The van der Waals surface area contributed by atoms with Crippen molar-refractivity contribution < 1.29 is 13.3 Å². The van der Waals surface area contributed by atoms with Crippen molar-refractivity contribution in [2.75, 3.05) is 18.9 Å². The summed E-state index contributed by atoms with van der Waals surface area (Å²) in [6.07, 6.45) is 2.48. The molecule has 0 unspecified atom stereocenters. The molecule has 0 atom stereocenters. The first kappa shape index (κ1) is 18.8. The molecule has 0 saturated carbocycles. The highest BCUT2D eigenvalue weighted by Crippen LogP contribution is 2.27. The van der Waals surface area contributed by atoms with Crippen LogP contribution in [0, 0.1) is 10.1 Å². The summed E-state index contributed by atoms with van der Waals surface area (Å²) in [7, 11) is -2.48. The summed E-state index contributed by atoms with van der Waals surface area (Å²) in [6, 6.07) is 11.6. The summed E-state index contributed by atoms with van der Waals surface area (Å²) >= 11 is 0. The number of hydrogen-bond acceptors (Lipinski definition) is 6. The highest BCUT2D eigenvalue weighted by atomic mass is 32.2. The van der Waals surface area contributed by atoms with Gasteiger partial charge in [0.25, 0.3) is 5.69 Å². The lowest BCUT2D eigenvalue weighted by molar-refractivity contribution is -0.384. The lowest BCUT2D eigenvalue weighted by atomic mass is 10.2. The molecular formula is C17H19N5O4S. The molecular weight excluding hydrogens is 370 g/mol. The minimum Gasteiger partial charge on any atom is -0.379 e. The smallest absolute Gasteiger partial charge is 0.293 e. The molecule has 0 aliphatic carbocycles. The Labute approximate surface area is 156 Å². The molecule has 3 aromatic rings. The number of nitro groups is 1. The van der Waals surface area contributed by atoms with Gasteiger partial charge in [-0.25, -0.2) is 18.1 Å². The van der Waals surface area contributed by atoms with Crippen molar-refractivity contribution in [1.82, 2.24) is 14.3 Å². The number of para-hydroxylation sites is 2. The molecule has 0 aliphatic heterocycles. The fourth-order valence-corrected chi connectivity index (χ4v) is 3.51. The van der Waals surface area contributed by atoms with Crippen molar-refractivity contribution in [3.05, 3.63) is 58.9 Å². The van der Waals surface area contributed by atoms with Gasteiger partial charge in [-0.15, -0.1) is 0 Å². The molecule has 1 heterocycles. The molecule has 0 saturated heterocycles. The zero-order chi connectivity index (χ0) is 19.4. The van der Waals surface area contributed by atoms with Crippen molar-refractivity contribution in [2.45, 2.75) is 17.9 Å². The highest BCUT2D eigenvalue weighted by Gasteiger charge is 2.20. The maximum Gasteiger partial charge on any atom is 0.293 e. The third-order valence-electron chi connectivity index (χ3n) is 4.16. The van der Waals surface area contributed by atoms with Gasteiger partial charge in [-0.05, 0) is 37.7 Å². The summed E-state index contributed by atoms with van der Waals surface area (Å²) in [5.41, 5.74) is 1.96. The number of nitrogens with zero attached hydrogens (tertiary/aromatic N) is 3. The molecule has 142 valence electrons. The first-order valence-electron chi connectivity index (χ1n) is 8.28. The largest absolute Gasteiger partial charge is 0.379 e. The minimum atomic E-state index is -3.74. The molecule has 0 spiro atoms. The van der Waals surface area contributed by atoms with E-state index < -0.39 is 14.9 Å². The predicted octanol–water partition coefficient (Wildman–Crippen LogP) is 2.35. The van der Waals surface area contributed by atoms with E-state index in [1.165, 1.54) is 19.2 Å². The number of aryl methyl sites for hydroxylation is 1. The van der Waals surface area contributed by atoms with Gasteiger partial charge in [0.05, 0.1) is 27.2 Å². The molecule has 2 N–H and O–H groups in total. The number of fused-ring (bicyclic) bond motifs is 1. The average Bonchev–Trinajstić information content (AvgIpc) is 3.08. The third-order valence-corrected chi connectivity index (χ3v) is 5.58. The van der Waals surface area contributed by atoms with Crippen LogP contribution in [0.4, 0.5) is 11.4 Å². The Balaban J connectivity index is 1.68. The minimum absolute atomic E-state index is 0.146. The van der Waals surface area contributed by atoms with Gasteiger partial charge in [-0.3, -0.25) is 10.1 Å². The van der Waals surface area contributed by atoms with Gasteiger partial charge in [0.1, 0.15) is 5.69 Å². The number of aromatic nitrogens is 2. The first-order valence-corrected chi connectivity index (χ1v) is 9.76. The number of sulfonamides is 1. The zero-order valence-corrected chi connectivity index (χ0v) is 15.4. The van der Waals surface area contributed by atoms with E-state index >= 15 is 0 Å². The normalized spacial score (nSPS) is 11.6. The van der Waals surface area contributed by atoms with Gasteiger partial charge >= 0.3 is 0 Å².